The third-order valence-electron chi connectivity index (χ3n) is 3.87. The average molecular weight is 328 g/mol. The van der Waals surface area contributed by atoms with E-state index < -0.39 is 0 Å². The van der Waals surface area contributed by atoms with Crippen LogP contribution in [-0.2, 0) is 0 Å². The number of hydrogen-bond acceptors (Lipinski definition) is 4. The van der Waals surface area contributed by atoms with E-state index in [1.807, 2.05) is 85.8 Å². The maximum absolute atomic E-state index is 5.86. The summed E-state index contributed by atoms with van der Waals surface area (Å²) in [5, 5.41) is 4.11. The second kappa shape index (κ2) is 6.61. The first-order valence-electron chi connectivity index (χ1n) is 8.03. The Morgan fingerprint density at radius 2 is 1.56 bits per heavy atom. The zero-order valence-corrected chi connectivity index (χ0v) is 13.7. The Balaban J connectivity index is 1.63. The van der Waals surface area contributed by atoms with Gasteiger partial charge in [-0.1, -0.05) is 53.7 Å². The number of ether oxygens (including phenoxy) is 1. The molecule has 4 nitrogen and oxygen atoms in total. The van der Waals surface area contributed by atoms with Gasteiger partial charge in [-0.15, -0.1) is 0 Å². The highest BCUT2D eigenvalue weighted by Crippen LogP contribution is 2.28. The van der Waals surface area contributed by atoms with E-state index in [4.69, 9.17) is 9.26 Å². The molecule has 0 spiro atoms. The van der Waals surface area contributed by atoms with Crippen LogP contribution in [0.3, 0.4) is 0 Å². The molecular weight excluding hydrogens is 312 g/mol. The van der Waals surface area contributed by atoms with Gasteiger partial charge in [0.2, 0.25) is 5.82 Å². The van der Waals surface area contributed by atoms with Crippen LogP contribution in [0.1, 0.15) is 5.56 Å². The van der Waals surface area contributed by atoms with Crippen LogP contribution in [0.2, 0.25) is 0 Å². The maximum atomic E-state index is 5.86. The molecule has 0 N–H and O–H groups in total. The summed E-state index contributed by atoms with van der Waals surface area (Å²) >= 11 is 0. The van der Waals surface area contributed by atoms with Crippen LogP contribution in [-0.4, -0.2) is 10.1 Å². The van der Waals surface area contributed by atoms with Crippen molar-refractivity contribution in [2.45, 2.75) is 6.92 Å². The lowest BCUT2D eigenvalue weighted by Gasteiger charge is -2.05. The number of hydrogen-bond donors (Lipinski definition) is 0. The van der Waals surface area contributed by atoms with E-state index in [0.717, 1.165) is 28.2 Å². The van der Waals surface area contributed by atoms with Gasteiger partial charge in [-0.3, -0.25) is 0 Å². The molecule has 0 saturated carbocycles. The molecule has 1 heterocycles. The molecule has 0 aliphatic heterocycles. The van der Waals surface area contributed by atoms with Crippen molar-refractivity contribution < 1.29 is 9.26 Å². The van der Waals surface area contributed by atoms with Crippen molar-refractivity contribution in [3.63, 3.8) is 0 Å². The Hall–Kier alpha value is -3.40. The minimum atomic E-state index is 0.469. The molecule has 25 heavy (non-hydrogen) atoms. The Kier molecular flexibility index (Phi) is 4.01. The van der Waals surface area contributed by atoms with Crippen molar-refractivity contribution in [2.24, 2.45) is 0 Å². The average Bonchev–Trinajstić information content (AvgIpc) is 3.13. The summed E-state index contributed by atoms with van der Waals surface area (Å²) in [5.74, 6) is 2.56. The molecule has 0 amide bonds. The number of benzene rings is 3. The van der Waals surface area contributed by atoms with Gasteiger partial charge in [0, 0.05) is 11.1 Å². The fourth-order valence-corrected chi connectivity index (χ4v) is 2.59. The standard InChI is InChI=1S/C21H16N2O2/c1-15-8-5-6-13-19(15)20-22-21(25-23-20)16-9-7-12-18(14-16)24-17-10-3-2-4-11-17/h2-14H,1H3. The second-order valence-corrected chi connectivity index (χ2v) is 5.68. The molecule has 0 atom stereocenters. The van der Waals surface area contributed by atoms with Crippen molar-refractivity contribution in [3.05, 3.63) is 84.4 Å². The third kappa shape index (κ3) is 3.28. The van der Waals surface area contributed by atoms with Gasteiger partial charge in [-0.05, 0) is 42.8 Å². The fourth-order valence-electron chi connectivity index (χ4n) is 2.59. The van der Waals surface area contributed by atoms with E-state index in [9.17, 15) is 0 Å². The van der Waals surface area contributed by atoms with Gasteiger partial charge in [-0.25, -0.2) is 0 Å². The summed E-state index contributed by atoms with van der Waals surface area (Å²) in [6.45, 7) is 2.03. The quantitative estimate of drug-likeness (QED) is 0.496. The van der Waals surface area contributed by atoms with Gasteiger partial charge in [0.05, 0.1) is 0 Å². The zero-order valence-electron chi connectivity index (χ0n) is 13.7. The van der Waals surface area contributed by atoms with Gasteiger partial charge in [0.15, 0.2) is 0 Å². The topological polar surface area (TPSA) is 48.2 Å². The minimum Gasteiger partial charge on any atom is -0.457 e. The highest BCUT2D eigenvalue weighted by Gasteiger charge is 2.12. The molecule has 0 unspecified atom stereocenters. The lowest BCUT2D eigenvalue weighted by Crippen LogP contribution is -1.86. The Labute approximate surface area is 145 Å². The molecule has 0 radical (unpaired) electrons. The maximum Gasteiger partial charge on any atom is 0.258 e. The number of nitrogens with zero attached hydrogens (tertiary/aromatic N) is 2. The SMILES string of the molecule is Cc1ccccc1-c1noc(-c2cccc(Oc3ccccc3)c2)n1. The van der Waals surface area contributed by atoms with Crippen molar-refractivity contribution in [1.82, 2.24) is 10.1 Å². The molecule has 0 saturated heterocycles. The molecule has 0 bridgehead atoms. The van der Waals surface area contributed by atoms with Gasteiger partial charge in [0.25, 0.3) is 5.89 Å². The van der Waals surface area contributed by atoms with Gasteiger partial charge in [0.1, 0.15) is 11.5 Å². The molecule has 4 aromatic rings. The van der Waals surface area contributed by atoms with Crippen molar-refractivity contribution >= 4 is 0 Å². The number of rotatable bonds is 4. The van der Waals surface area contributed by atoms with Crippen LogP contribution in [0.4, 0.5) is 0 Å². The molecule has 0 fully saturated rings. The summed E-state index contributed by atoms with van der Waals surface area (Å²) in [6, 6.07) is 25.2. The van der Waals surface area contributed by atoms with Gasteiger partial charge >= 0.3 is 0 Å². The molecule has 4 rings (SSSR count). The smallest absolute Gasteiger partial charge is 0.258 e. The lowest BCUT2D eigenvalue weighted by atomic mass is 10.1. The summed E-state index contributed by atoms with van der Waals surface area (Å²) in [6.07, 6.45) is 0. The summed E-state index contributed by atoms with van der Waals surface area (Å²) < 4.78 is 11.3. The van der Waals surface area contributed by atoms with E-state index >= 15 is 0 Å². The van der Waals surface area contributed by atoms with Crippen molar-refractivity contribution in [1.29, 1.82) is 0 Å². The van der Waals surface area contributed by atoms with Gasteiger partial charge < -0.3 is 9.26 Å². The first-order chi connectivity index (χ1) is 12.3. The Morgan fingerprint density at radius 3 is 2.40 bits per heavy atom. The second-order valence-electron chi connectivity index (χ2n) is 5.68. The Bertz CT molecular complexity index is 993. The fraction of sp³-hybridized carbons (Fsp3) is 0.0476. The summed E-state index contributed by atoms with van der Waals surface area (Å²) in [4.78, 5) is 4.53. The van der Waals surface area contributed by atoms with E-state index in [1.165, 1.54) is 0 Å². The van der Waals surface area contributed by atoms with Crippen LogP contribution in [0, 0.1) is 6.92 Å². The van der Waals surface area contributed by atoms with Crippen LogP contribution >= 0.6 is 0 Å². The van der Waals surface area contributed by atoms with Crippen LogP contribution in [0.15, 0.2) is 83.4 Å². The minimum absolute atomic E-state index is 0.469. The van der Waals surface area contributed by atoms with Crippen molar-refractivity contribution in [2.75, 3.05) is 0 Å². The predicted molar refractivity (Wildman–Crippen MR) is 96.4 cm³/mol. The predicted octanol–water partition coefficient (Wildman–Crippen LogP) is 5.50. The molecule has 0 aliphatic carbocycles. The lowest BCUT2D eigenvalue weighted by molar-refractivity contribution is 0.431. The number of aromatic nitrogens is 2. The zero-order chi connectivity index (χ0) is 17.1. The first-order valence-corrected chi connectivity index (χ1v) is 8.03. The summed E-state index contributed by atoms with van der Waals surface area (Å²) in [7, 11) is 0. The number of aryl methyl sites for hydroxylation is 1. The number of para-hydroxylation sites is 1. The third-order valence-corrected chi connectivity index (χ3v) is 3.87. The van der Waals surface area contributed by atoms with Gasteiger partial charge in [-0.2, -0.15) is 4.98 Å². The Morgan fingerprint density at radius 1 is 0.800 bits per heavy atom. The van der Waals surface area contributed by atoms with E-state index in [-0.39, 0.29) is 0 Å². The first kappa shape index (κ1) is 15.1. The monoisotopic (exact) mass is 328 g/mol. The highest BCUT2D eigenvalue weighted by molar-refractivity contribution is 5.63. The molecule has 0 aliphatic rings. The summed E-state index contributed by atoms with van der Waals surface area (Å²) in [5.41, 5.74) is 2.89. The molecular formula is C21H16N2O2. The van der Waals surface area contributed by atoms with Crippen LogP contribution < -0.4 is 4.74 Å². The largest absolute Gasteiger partial charge is 0.457 e. The van der Waals surface area contributed by atoms with E-state index in [1.54, 1.807) is 0 Å². The molecule has 4 heteroatoms. The van der Waals surface area contributed by atoms with Crippen molar-refractivity contribution in [3.8, 4) is 34.3 Å². The van der Waals surface area contributed by atoms with E-state index in [2.05, 4.69) is 10.1 Å². The van der Waals surface area contributed by atoms with Crippen LogP contribution in [0.25, 0.3) is 22.8 Å². The molecule has 1 aromatic heterocycles. The van der Waals surface area contributed by atoms with Crippen LogP contribution in [0.5, 0.6) is 11.5 Å². The normalized spacial score (nSPS) is 10.6. The highest BCUT2D eigenvalue weighted by atomic mass is 16.5. The van der Waals surface area contributed by atoms with E-state index in [0.29, 0.717) is 11.7 Å². The molecule has 3 aromatic carbocycles. The molecule has 122 valence electrons.